The molecule has 1 fully saturated rings. The average molecular weight is 446 g/mol. The molecule has 0 N–H and O–H groups in total. The highest BCUT2D eigenvalue weighted by atomic mass is 35.5. The van der Waals surface area contributed by atoms with Gasteiger partial charge in [0.05, 0.1) is 0 Å². The van der Waals surface area contributed by atoms with E-state index in [0.29, 0.717) is 29.6 Å². The lowest BCUT2D eigenvalue weighted by molar-refractivity contribution is 0.0204. The molecule has 0 unspecified atom stereocenters. The zero-order valence-electron chi connectivity index (χ0n) is 18.3. The van der Waals surface area contributed by atoms with Crippen LogP contribution in [-0.4, -0.2) is 29.7 Å². The Bertz CT molecular complexity index is 964. The van der Waals surface area contributed by atoms with E-state index < -0.39 is 5.60 Å². The fourth-order valence-electron chi connectivity index (χ4n) is 4.44. The number of amides is 1. The number of fused-ring (bicyclic) bond motifs is 1. The summed E-state index contributed by atoms with van der Waals surface area (Å²) in [6, 6.07) is 11.0. The summed E-state index contributed by atoms with van der Waals surface area (Å²) in [7, 11) is 0. The van der Waals surface area contributed by atoms with Crippen molar-refractivity contribution in [2.24, 2.45) is 0 Å². The molecule has 2 heterocycles. The highest BCUT2D eigenvalue weighted by molar-refractivity contribution is 6.30. The number of rotatable bonds is 2. The molecule has 0 saturated carbocycles. The van der Waals surface area contributed by atoms with E-state index in [1.807, 2.05) is 20.8 Å². The molecule has 6 heteroatoms. The Hall–Kier alpha value is -2.27. The van der Waals surface area contributed by atoms with Crippen LogP contribution in [0, 0.1) is 5.82 Å². The molecule has 2 aromatic carbocycles. The predicted octanol–water partition coefficient (Wildman–Crippen LogP) is 6.66. The molecule has 0 aromatic heterocycles. The van der Waals surface area contributed by atoms with Crippen molar-refractivity contribution < 1.29 is 18.7 Å². The molecule has 1 amide bonds. The van der Waals surface area contributed by atoms with E-state index in [9.17, 15) is 9.18 Å². The van der Waals surface area contributed by atoms with Crippen molar-refractivity contribution in [1.82, 2.24) is 4.90 Å². The molecule has 1 saturated heterocycles. The topological polar surface area (TPSA) is 38.8 Å². The van der Waals surface area contributed by atoms with Gasteiger partial charge in [-0.2, -0.15) is 0 Å². The van der Waals surface area contributed by atoms with Crippen molar-refractivity contribution in [2.45, 2.75) is 64.1 Å². The van der Waals surface area contributed by atoms with E-state index in [4.69, 9.17) is 21.1 Å². The molecule has 4 nitrogen and oxygen atoms in total. The summed E-state index contributed by atoms with van der Waals surface area (Å²) in [6.07, 6.45) is 2.68. The van der Waals surface area contributed by atoms with Crippen LogP contribution in [0.2, 0.25) is 5.02 Å². The zero-order chi connectivity index (χ0) is 22.2. The van der Waals surface area contributed by atoms with Gasteiger partial charge < -0.3 is 14.4 Å². The lowest BCUT2D eigenvalue weighted by atomic mass is 9.86. The number of carbonyl (C=O) groups is 1. The van der Waals surface area contributed by atoms with Gasteiger partial charge in [-0.3, -0.25) is 0 Å². The maximum Gasteiger partial charge on any atom is 0.410 e. The van der Waals surface area contributed by atoms with Gasteiger partial charge in [0, 0.05) is 23.7 Å². The molecule has 2 aliphatic heterocycles. The maximum absolute atomic E-state index is 14.5. The number of hydrogen-bond donors (Lipinski definition) is 0. The van der Waals surface area contributed by atoms with E-state index in [1.54, 1.807) is 17.0 Å². The second kappa shape index (κ2) is 8.70. The summed E-state index contributed by atoms with van der Waals surface area (Å²) in [6.45, 7) is 6.94. The first-order valence-corrected chi connectivity index (χ1v) is 11.3. The first-order valence-electron chi connectivity index (χ1n) is 10.9. The normalized spacial score (nSPS) is 19.5. The van der Waals surface area contributed by atoms with E-state index in [1.165, 1.54) is 6.07 Å². The molecule has 166 valence electrons. The maximum atomic E-state index is 14.5. The van der Waals surface area contributed by atoms with Gasteiger partial charge in [-0.1, -0.05) is 35.9 Å². The number of ether oxygens (including phenoxy) is 2. The number of nitrogens with zero attached hydrogens (tertiary/aromatic N) is 1. The molecule has 0 spiro atoms. The molecule has 0 bridgehead atoms. The largest absolute Gasteiger partial charge is 0.485 e. The van der Waals surface area contributed by atoms with Crippen LogP contribution in [-0.2, 0) is 11.2 Å². The Morgan fingerprint density at radius 2 is 1.87 bits per heavy atom. The van der Waals surface area contributed by atoms with Crippen molar-refractivity contribution in [3.8, 4) is 5.75 Å². The Kier molecular flexibility index (Phi) is 6.16. The summed E-state index contributed by atoms with van der Waals surface area (Å²) < 4.78 is 26.4. The van der Waals surface area contributed by atoms with Crippen LogP contribution in [0.25, 0.3) is 0 Å². The van der Waals surface area contributed by atoms with Gasteiger partial charge in [0.2, 0.25) is 0 Å². The van der Waals surface area contributed by atoms with Crippen LogP contribution in [0.5, 0.6) is 5.75 Å². The third-order valence-electron chi connectivity index (χ3n) is 5.96. The van der Waals surface area contributed by atoms with E-state index in [-0.39, 0.29) is 18.0 Å². The van der Waals surface area contributed by atoms with Crippen LogP contribution in [0.15, 0.2) is 36.4 Å². The molecule has 4 rings (SSSR count). The number of piperidine rings is 1. The van der Waals surface area contributed by atoms with Crippen molar-refractivity contribution >= 4 is 17.7 Å². The number of para-hydroxylation sites is 1. The summed E-state index contributed by atoms with van der Waals surface area (Å²) in [5.74, 6) is 0.843. The van der Waals surface area contributed by atoms with Gasteiger partial charge in [-0.05, 0) is 75.6 Å². The van der Waals surface area contributed by atoms with Crippen molar-refractivity contribution in [3.05, 3.63) is 63.9 Å². The van der Waals surface area contributed by atoms with Crippen LogP contribution in [0.3, 0.4) is 0 Å². The molecule has 0 aliphatic carbocycles. The first kappa shape index (κ1) is 21.9. The van der Waals surface area contributed by atoms with E-state index in [2.05, 4.69) is 18.2 Å². The Balaban J connectivity index is 1.49. The summed E-state index contributed by atoms with van der Waals surface area (Å²) in [5, 5.41) is 0.384. The van der Waals surface area contributed by atoms with Gasteiger partial charge in [-0.25, -0.2) is 9.18 Å². The Morgan fingerprint density at radius 3 is 2.55 bits per heavy atom. The second-order valence-corrected chi connectivity index (χ2v) is 9.82. The Morgan fingerprint density at radius 1 is 1.13 bits per heavy atom. The second-order valence-electron chi connectivity index (χ2n) is 9.39. The van der Waals surface area contributed by atoms with Crippen molar-refractivity contribution in [3.63, 3.8) is 0 Å². The molecular formula is C25H29ClFNO3. The molecule has 31 heavy (non-hydrogen) atoms. The van der Waals surface area contributed by atoms with E-state index in [0.717, 1.165) is 42.6 Å². The third-order valence-corrected chi connectivity index (χ3v) is 6.19. The highest BCUT2D eigenvalue weighted by Gasteiger charge is 2.31. The number of carbonyl (C=O) groups excluding carboxylic acids is 1. The number of hydrogen-bond acceptors (Lipinski definition) is 3. The van der Waals surface area contributed by atoms with Crippen molar-refractivity contribution in [1.29, 1.82) is 0 Å². The average Bonchev–Trinajstić information content (AvgIpc) is 2.72. The molecular weight excluding hydrogens is 417 g/mol. The standard InChI is InChI=1S/C25H29ClFNO3/c1-25(2,3)31-24(29)28-13-11-16(12-14-28)19-6-4-5-17-7-10-22(30-23(17)19)20-9-8-18(26)15-21(20)27/h4-6,8-9,15-16,22H,7,10-14H2,1-3H3/t22-/m0/s1. The number of likely N-dealkylation sites (tertiary alicyclic amines) is 1. The molecule has 2 aromatic rings. The predicted molar refractivity (Wildman–Crippen MR) is 119 cm³/mol. The van der Waals surface area contributed by atoms with Crippen LogP contribution in [0.4, 0.5) is 9.18 Å². The van der Waals surface area contributed by atoms with E-state index >= 15 is 0 Å². The molecule has 1 atom stereocenters. The van der Waals surface area contributed by atoms with Crippen LogP contribution < -0.4 is 4.74 Å². The molecule has 2 aliphatic rings. The Labute approximate surface area is 188 Å². The fraction of sp³-hybridized carbons (Fsp3) is 0.480. The fourth-order valence-corrected chi connectivity index (χ4v) is 4.59. The van der Waals surface area contributed by atoms with Crippen LogP contribution in [0.1, 0.15) is 68.7 Å². The van der Waals surface area contributed by atoms with Gasteiger partial charge in [-0.15, -0.1) is 0 Å². The summed E-state index contributed by atoms with van der Waals surface area (Å²) in [4.78, 5) is 14.2. The lowest BCUT2D eigenvalue weighted by Gasteiger charge is -2.35. The van der Waals surface area contributed by atoms with Gasteiger partial charge in [0.15, 0.2) is 0 Å². The van der Waals surface area contributed by atoms with Crippen molar-refractivity contribution in [2.75, 3.05) is 13.1 Å². The minimum atomic E-state index is -0.494. The lowest BCUT2D eigenvalue weighted by Crippen LogP contribution is -2.41. The minimum Gasteiger partial charge on any atom is -0.485 e. The minimum absolute atomic E-state index is 0.254. The smallest absolute Gasteiger partial charge is 0.410 e. The van der Waals surface area contributed by atoms with Gasteiger partial charge in [0.25, 0.3) is 0 Å². The summed E-state index contributed by atoms with van der Waals surface area (Å²) >= 11 is 5.92. The molecule has 0 radical (unpaired) electrons. The zero-order valence-corrected chi connectivity index (χ0v) is 19.0. The van der Waals surface area contributed by atoms with Gasteiger partial charge in [0.1, 0.15) is 23.3 Å². The number of benzene rings is 2. The summed E-state index contributed by atoms with van der Waals surface area (Å²) in [5.41, 5.74) is 2.37. The highest BCUT2D eigenvalue weighted by Crippen LogP contribution is 2.43. The monoisotopic (exact) mass is 445 g/mol. The number of aryl methyl sites for hydroxylation is 1. The SMILES string of the molecule is CC(C)(C)OC(=O)N1CCC(c2cccc3c2O[C@H](c2ccc(Cl)cc2F)CC3)CC1. The first-order chi connectivity index (χ1) is 14.7. The number of halogens is 2. The van der Waals surface area contributed by atoms with Gasteiger partial charge >= 0.3 is 6.09 Å². The third kappa shape index (κ3) is 4.98. The van der Waals surface area contributed by atoms with Crippen LogP contribution >= 0.6 is 11.6 Å². The quantitative estimate of drug-likeness (QED) is 0.518.